The van der Waals surface area contributed by atoms with Gasteiger partial charge in [0.15, 0.2) is 5.96 Å². The van der Waals surface area contributed by atoms with Crippen LogP contribution in [0.25, 0.3) is 0 Å². The number of ether oxygens (including phenoxy) is 1. The van der Waals surface area contributed by atoms with Crippen LogP contribution in [0, 0.1) is 0 Å². The summed E-state index contributed by atoms with van der Waals surface area (Å²) in [5, 5.41) is 6.57. The molecule has 0 unspecified atom stereocenters. The fourth-order valence-electron chi connectivity index (χ4n) is 1.71. The van der Waals surface area contributed by atoms with Crippen molar-refractivity contribution in [2.45, 2.75) is 26.7 Å². The molecule has 1 heterocycles. The molecule has 0 fully saturated rings. The molecule has 0 aromatic carbocycles. The third kappa shape index (κ3) is 7.74. The topological polar surface area (TPSA) is 58.5 Å². The second-order valence-electron chi connectivity index (χ2n) is 4.35. The normalized spacial score (nSPS) is 11.4. The molecule has 0 atom stereocenters. The average molecular weight is 278 g/mol. The quantitative estimate of drug-likeness (QED) is 0.409. The predicted molar refractivity (Wildman–Crippen MR) is 83.0 cm³/mol. The van der Waals surface area contributed by atoms with Crippen molar-refractivity contribution in [3.63, 3.8) is 0 Å². The molecule has 1 aromatic rings. The van der Waals surface area contributed by atoms with Gasteiger partial charge in [-0.25, -0.2) is 0 Å². The lowest BCUT2D eigenvalue weighted by Gasteiger charge is -2.11. The molecule has 5 nitrogen and oxygen atoms in total. The number of hydrogen-bond donors (Lipinski definition) is 2. The Morgan fingerprint density at radius 1 is 1.35 bits per heavy atom. The number of nitrogens with zero attached hydrogens (tertiary/aromatic N) is 2. The zero-order valence-corrected chi connectivity index (χ0v) is 12.6. The van der Waals surface area contributed by atoms with E-state index in [1.54, 1.807) is 6.20 Å². The van der Waals surface area contributed by atoms with Gasteiger partial charge < -0.3 is 15.4 Å². The number of hydrogen-bond acceptors (Lipinski definition) is 3. The molecule has 2 N–H and O–H groups in total. The van der Waals surface area contributed by atoms with Crippen LogP contribution in [0.2, 0.25) is 0 Å². The zero-order chi connectivity index (χ0) is 14.5. The van der Waals surface area contributed by atoms with E-state index in [-0.39, 0.29) is 0 Å². The second kappa shape index (κ2) is 11.2. The van der Waals surface area contributed by atoms with Crippen molar-refractivity contribution in [3.05, 3.63) is 30.1 Å². The molecule has 0 aliphatic carbocycles. The van der Waals surface area contributed by atoms with Crippen LogP contribution in [-0.4, -0.2) is 43.8 Å². The fourth-order valence-corrected chi connectivity index (χ4v) is 1.71. The van der Waals surface area contributed by atoms with Crippen LogP contribution in [0.5, 0.6) is 0 Å². The van der Waals surface area contributed by atoms with E-state index in [2.05, 4.69) is 33.6 Å². The van der Waals surface area contributed by atoms with Crippen molar-refractivity contribution in [2.24, 2.45) is 4.99 Å². The summed E-state index contributed by atoms with van der Waals surface area (Å²) in [6, 6.07) is 4.04. The molecule has 1 aromatic heterocycles. The van der Waals surface area contributed by atoms with E-state index in [1.807, 2.05) is 19.2 Å². The molecular formula is C15H26N4O. The van der Waals surface area contributed by atoms with E-state index in [1.165, 1.54) is 5.56 Å². The fraction of sp³-hybridized carbons (Fsp3) is 0.600. The molecule has 0 bridgehead atoms. The van der Waals surface area contributed by atoms with E-state index in [4.69, 9.17) is 4.74 Å². The van der Waals surface area contributed by atoms with Gasteiger partial charge in [-0.15, -0.1) is 0 Å². The first-order valence-electron chi connectivity index (χ1n) is 7.35. The summed E-state index contributed by atoms with van der Waals surface area (Å²) >= 11 is 0. The van der Waals surface area contributed by atoms with Crippen molar-refractivity contribution in [3.8, 4) is 0 Å². The van der Waals surface area contributed by atoms with Crippen LogP contribution in [0.3, 0.4) is 0 Å². The number of nitrogens with one attached hydrogen (secondary N) is 2. The lowest BCUT2D eigenvalue weighted by Crippen LogP contribution is -2.38. The highest BCUT2D eigenvalue weighted by molar-refractivity contribution is 5.79. The Kier molecular flexibility index (Phi) is 9.23. The van der Waals surface area contributed by atoms with Gasteiger partial charge in [0.2, 0.25) is 0 Å². The van der Waals surface area contributed by atoms with Gasteiger partial charge in [-0.3, -0.25) is 9.98 Å². The zero-order valence-electron chi connectivity index (χ0n) is 12.6. The van der Waals surface area contributed by atoms with Crippen molar-refractivity contribution >= 4 is 5.96 Å². The number of aromatic nitrogens is 1. The van der Waals surface area contributed by atoms with Crippen LogP contribution in [0.15, 0.2) is 29.5 Å². The molecule has 0 saturated heterocycles. The van der Waals surface area contributed by atoms with Gasteiger partial charge in [0.05, 0.1) is 0 Å². The summed E-state index contributed by atoms with van der Waals surface area (Å²) in [4.78, 5) is 8.62. The minimum atomic E-state index is 0.771. The molecule has 0 aliphatic rings. The molecule has 0 saturated carbocycles. The van der Waals surface area contributed by atoms with Crippen molar-refractivity contribution in [2.75, 3.05) is 32.8 Å². The minimum Gasteiger partial charge on any atom is -0.382 e. The molecule has 0 radical (unpaired) electrons. The monoisotopic (exact) mass is 278 g/mol. The lowest BCUT2D eigenvalue weighted by atomic mass is 10.2. The molecule has 112 valence electrons. The number of guanidine groups is 1. The first-order chi connectivity index (χ1) is 9.86. The first-order valence-corrected chi connectivity index (χ1v) is 7.35. The van der Waals surface area contributed by atoms with Crippen LogP contribution < -0.4 is 10.6 Å². The maximum atomic E-state index is 5.30. The third-order valence-corrected chi connectivity index (χ3v) is 2.69. The van der Waals surface area contributed by atoms with Gasteiger partial charge in [-0.05, 0) is 38.3 Å². The number of pyridine rings is 1. The van der Waals surface area contributed by atoms with Crippen molar-refractivity contribution in [1.29, 1.82) is 0 Å². The molecular weight excluding hydrogens is 252 g/mol. The van der Waals surface area contributed by atoms with E-state index in [9.17, 15) is 0 Å². The maximum Gasteiger partial charge on any atom is 0.191 e. The van der Waals surface area contributed by atoms with E-state index >= 15 is 0 Å². The lowest BCUT2D eigenvalue weighted by molar-refractivity contribution is 0.146. The summed E-state index contributed by atoms with van der Waals surface area (Å²) < 4.78 is 5.30. The Morgan fingerprint density at radius 3 is 2.95 bits per heavy atom. The third-order valence-electron chi connectivity index (χ3n) is 2.69. The van der Waals surface area contributed by atoms with Crippen molar-refractivity contribution < 1.29 is 4.74 Å². The molecule has 0 aliphatic heterocycles. The van der Waals surface area contributed by atoms with E-state index in [0.717, 1.165) is 51.6 Å². The van der Waals surface area contributed by atoms with Crippen molar-refractivity contribution in [1.82, 2.24) is 15.6 Å². The average Bonchev–Trinajstić information content (AvgIpc) is 2.48. The van der Waals surface area contributed by atoms with Crippen LogP contribution in [-0.2, 0) is 11.2 Å². The Bertz CT molecular complexity index is 367. The Labute approximate surface area is 121 Å². The predicted octanol–water partition coefficient (Wildman–Crippen LogP) is 1.61. The minimum absolute atomic E-state index is 0.771. The summed E-state index contributed by atoms with van der Waals surface area (Å²) in [7, 11) is 0. The van der Waals surface area contributed by atoms with Gasteiger partial charge in [-0.2, -0.15) is 0 Å². The Balaban J connectivity index is 2.25. The SMILES string of the molecule is CCNC(=NCCCOCC)NCCc1cccnc1. The smallest absolute Gasteiger partial charge is 0.191 e. The number of aliphatic imine (C=N–C) groups is 1. The highest BCUT2D eigenvalue weighted by Crippen LogP contribution is 1.95. The number of rotatable bonds is 9. The molecule has 0 spiro atoms. The summed E-state index contributed by atoms with van der Waals surface area (Å²) in [6.07, 6.45) is 5.58. The van der Waals surface area contributed by atoms with Gasteiger partial charge >= 0.3 is 0 Å². The summed E-state index contributed by atoms with van der Waals surface area (Å²) in [6.45, 7) is 8.11. The van der Waals surface area contributed by atoms with E-state index in [0.29, 0.717) is 0 Å². The van der Waals surface area contributed by atoms with Crippen LogP contribution in [0.1, 0.15) is 25.8 Å². The second-order valence-corrected chi connectivity index (χ2v) is 4.35. The van der Waals surface area contributed by atoms with Crippen LogP contribution in [0.4, 0.5) is 0 Å². The summed E-state index contributed by atoms with van der Waals surface area (Å²) in [5.74, 6) is 0.868. The van der Waals surface area contributed by atoms with Crippen LogP contribution >= 0.6 is 0 Å². The van der Waals surface area contributed by atoms with Gasteiger partial charge in [0.1, 0.15) is 0 Å². The highest BCUT2D eigenvalue weighted by atomic mass is 16.5. The van der Waals surface area contributed by atoms with Gasteiger partial charge in [0, 0.05) is 45.2 Å². The first kappa shape index (κ1) is 16.4. The summed E-state index contributed by atoms with van der Waals surface area (Å²) in [5.41, 5.74) is 1.23. The van der Waals surface area contributed by atoms with Gasteiger partial charge in [-0.1, -0.05) is 6.07 Å². The van der Waals surface area contributed by atoms with E-state index < -0.39 is 0 Å². The Hall–Kier alpha value is -1.62. The largest absolute Gasteiger partial charge is 0.382 e. The molecule has 5 heteroatoms. The Morgan fingerprint density at radius 2 is 2.25 bits per heavy atom. The highest BCUT2D eigenvalue weighted by Gasteiger charge is 1.97. The molecule has 0 amide bonds. The molecule has 1 rings (SSSR count). The standard InChI is InChI=1S/C15H26N4O/c1-3-17-15(18-10-6-12-20-4-2)19-11-8-14-7-5-9-16-13-14/h5,7,9,13H,3-4,6,8,10-12H2,1-2H3,(H2,17,18,19). The maximum absolute atomic E-state index is 5.30. The molecule has 20 heavy (non-hydrogen) atoms. The van der Waals surface area contributed by atoms with Gasteiger partial charge in [0.25, 0.3) is 0 Å².